The Bertz CT molecular complexity index is 412. The summed E-state index contributed by atoms with van der Waals surface area (Å²) in [7, 11) is 0. The molecule has 2 aromatic rings. The number of nitrogens with one attached hydrogen (secondary N) is 1. The summed E-state index contributed by atoms with van der Waals surface area (Å²) in [6.45, 7) is 0.345. The van der Waals surface area contributed by atoms with Gasteiger partial charge in [0.25, 0.3) is 0 Å². The van der Waals surface area contributed by atoms with Gasteiger partial charge in [-0.25, -0.2) is 15.4 Å². The minimum absolute atomic E-state index is 0.345. The molecule has 0 unspecified atom stereocenters. The second kappa shape index (κ2) is 3.42. The molecule has 0 bridgehead atoms. The van der Waals surface area contributed by atoms with Crippen molar-refractivity contribution in [2.45, 2.75) is 6.54 Å². The van der Waals surface area contributed by atoms with Gasteiger partial charge >= 0.3 is 0 Å². The minimum atomic E-state index is 0.345. The summed E-state index contributed by atoms with van der Waals surface area (Å²) in [5, 5.41) is 8.56. The molecule has 5 heteroatoms. The molecule has 0 atom stereocenters. The van der Waals surface area contributed by atoms with Crippen LogP contribution in [0.1, 0.15) is 5.56 Å². The van der Waals surface area contributed by atoms with Crippen molar-refractivity contribution in [1.82, 2.24) is 20.4 Å². The topological polar surface area (TPSA) is 70.9 Å². The molecule has 0 radical (unpaired) electrons. The summed E-state index contributed by atoms with van der Waals surface area (Å²) in [6.07, 6.45) is 4.83. The molecule has 0 amide bonds. The van der Waals surface area contributed by atoms with Gasteiger partial charge in [-0.1, -0.05) is 0 Å². The van der Waals surface area contributed by atoms with Crippen LogP contribution in [0.4, 0.5) is 0 Å². The maximum Gasteiger partial charge on any atom is 0.178 e. The number of fused-ring (bicyclic) bond motifs is 1. The summed E-state index contributed by atoms with van der Waals surface area (Å²) in [5.74, 6) is 0. The highest BCUT2D eigenvalue weighted by Crippen LogP contribution is 2.10. The van der Waals surface area contributed by atoms with Crippen LogP contribution in [0.5, 0.6) is 0 Å². The van der Waals surface area contributed by atoms with Gasteiger partial charge < -0.3 is 5.21 Å². The van der Waals surface area contributed by atoms with Crippen molar-refractivity contribution in [3.63, 3.8) is 0 Å². The molecule has 0 saturated carbocycles. The molecule has 2 rings (SSSR count). The van der Waals surface area contributed by atoms with Crippen LogP contribution in [0.2, 0.25) is 0 Å². The number of nitrogens with zero attached hydrogens (tertiary/aromatic N) is 3. The second-order valence-electron chi connectivity index (χ2n) is 2.53. The summed E-state index contributed by atoms with van der Waals surface area (Å²) in [5.41, 5.74) is 4.26. The van der Waals surface area contributed by atoms with Crippen molar-refractivity contribution in [1.29, 1.82) is 0 Å². The van der Waals surface area contributed by atoms with Gasteiger partial charge in [-0.15, -0.1) is 0 Å². The Balaban J connectivity index is 2.61. The summed E-state index contributed by atoms with van der Waals surface area (Å²) in [4.78, 5) is 12.2. The minimum Gasteiger partial charge on any atom is -0.316 e. The third kappa shape index (κ3) is 1.47. The second-order valence-corrected chi connectivity index (χ2v) is 2.53. The molecule has 13 heavy (non-hydrogen) atoms. The van der Waals surface area contributed by atoms with E-state index in [4.69, 9.17) is 5.21 Å². The standard InChI is InChI=1S/C8H8N4O/c13-12-5-6-1-2-10-8-7(6)9-3-4-11-8/h1-4,12-13H,5H2. The average molecular weight is 176 g/mol. The zero-order valence-corrected chi connectivity index (χ0v) is 6.81. The first-order valence-electron chi connectivity index (χ1n) is 3.83. The van der Waals surface area contributed by atoms with Crippen LogP contribution in [-0.4, -0.2) is 20.2 Å². The summed E-state index contributed by atoms with van der Waals surface area (Å²) >= 11 is 0. The molecule has 0 aromatic carbocycles. The van der Waals surface area contributed by atoms with E-state index in [-0.39, 0.29) is 0 Å². The number of rotatable bonds is 2. The molecular weight excluding hydrogens is 168 g/mol. The van der Waals surface area contributed by atoms with Crippen molar-refractivity contribution >= 4 is 11.2 Å². The number of hydroxylamine groups is 1. The molecule has 0 aliphatic rings. The Morgan fingerprint density at radius 3 is 2.77 bits per heavy atom. The molecule has 5 nitrogen and oxygen atoms in total. The fraction of sp³-hybridized carbons (Fsp3) is 0.125. The van der Waals surface area contributed by atoms with Crippen LogP contribution in [0.25, 0.3) is 11.2 Å². The molecule has 2 N–H and O–H groups in total. The quantitative estimate of drug-likeness (QED) is 0.652. The Labute approximate surface area is 74.4 Å². The van der Waals surface area contributed by atoms with Gasteiger partial charge in [0, 0.05) is 25.1 Å². The molecule has 0 aliphatic carbocycles. The summed E-state index contributed by atoms with van der Waals surface area (Å²) < 4.78 is 0. The van der Waals surface area contributed by atoms with Gasteiger partial charge in [-0.05, 0) is 11.6 Å². The van der Waals surface area contributed by atoms with Crippen LogP contribution >= 0.6 is 0 Å². The first-order chi connectivity index (χ1) is 6.42. The van der Waals surface area contributed by atoms with Crippen molar-refractivity contribution in [3.8, 4) is 0 Å². The van der Waals surface area contributed by atoms with E-state index in [0.717, 1.165) is 5.56 Å². The highest BCUT2D eigenvalue weighted by molar-refractivity contribution is 5.72. The van der Waals surface area contributed by atoms with E-state index in [2.05, 4.69) is 20.4 Å². The smallest absolute Gasteiger partial charge is 0.178 e. The van der Waals surface area contributed by atoms with Crippen molar-refractivity contribution in [2.75, 3.05) is 0 Å². The zero-order valence-electron chi connectivity index (χ0n) is 6.81. The third-order valence-corrected chi connectivity index (χ3v) is 1.73. The fourth-order valence-electron chi connectivity index (χ4n) is 1.16. The Hall–Kier alpha value is -1.59. The highest BCUT2D eigenvalue weighted by atomic mass is 16.5. The van der Waals surface area contributed by atoms with Gasteiger partial charge in [0.05, 0.1) is 0 Å². The molecule has 0 fully saturated rings. The van der Waals surface area contributed by atoms with Gasteiger partial charge in [-0.2, -0.15) is 0 Å². The van der Waals surface area contributed by atoms with E-state index in [1.165, 1.54) is 0 Å². The maximum absolute atomic E-state index is 8.56. The van der Waals surface area contributed by atoms with Crippen LogP contribution in [0.3, 0.4) is 0 Å². The van der Waals surface area contributed by atoms with Crippen molar-refractivity contribution < 1.29 is 5.21 Å². The third-order valence-electron chi connectivity index (χ3n) is 1.73. The van der Waals surface area contributed by atoms with Gasteiger partial charge in [0.2, 0.25) is 0 Å². The predicted molar refractivity (Wildman–Crippen MR) is 46.0 cm³/mol. The van der Waals surface area contributed by atoms with Crippen molar-refractivity contribution in [3.05, 3.63) is 30.2 Å². The Morgan fingerprint density at radius 2 is 1.92 bits per heavy atom. The lowest BCUT2D eigenvalue weighted by Crippen LogP contribution is -2.07. The molecule has 66 valence electrons. The lowest BCUT2D eigenvalue weighted by Gasteiger charge is -2.01. The first kappa shape index (κ1) is 8.03. The van der Waals surface area contributed by atoms with E-state index >= 15 is 0 Å². The monoisotopic (exact) mass is 176 g/mol. The van der Waals surface area contributed by atoms with Gasteiger partial charge in [0.15, 0.2) is 5.65 Å². The van der Waals surface area contributed by atoms with Crippen LogP contribution in [-0.2, 0) is 6.54 Å². The number of aromatic nitrogens is 3. The zero-order chi connectivity index (χ0) is 9.10. The Morgan fingerprint density at radius 1 is 1.15 bits per heavy atom. The van der Waals surface area contributed by atoms with Crippen molar-refractivity contribution in [2.24, 2.45) is 0 Å². The maximum atomic E-state index is 8.56. The van der Waals surface area contributed by atoms with E-state index in [1.807, 2.05) is 0 Å². The number of pyridine rings is 1. The van der Waals surface area contributed by atoms with E-state index in [9.17, 15) is 0 Å². The average Bonchev–Trinajstić information content (AvgIpc) is 2.19. The SMILES string of the molecule is ONCc1ccnc2nccnc12. The fourth-order valence-corrected chi connectivity index (χ4v) is 1.16. The van der Waals surface area contributed by atoms with E-state index in [0.29, 0.717) is 17.7 Å². The van der Waals surface area contributed by atoms with Crippen LogP contribution in [0.15, 0.2) is 24.7 Å². The van der Waals surface area contributed by atoms with E-state index in [1.54, 1.807) is 24.7 Å². The lowest BCUT2D eigenvalue weighted by molar-refractivity contribution is 0.161. The van der Waals surface area contributed by atoms with E-state index < -0.39 is 0 Å². The summed E-state index contributed by atoms with van der Waals surface area (Å²) in [6, 6.07) is 1.79. The number of hydrogen-bond donors (Lipinski definition) is 2. The van der Waals surface area contributed by atoms with Crippen LogP contribution < -0.4 is 5.48 Å². The predicted octanol–water partition coefficient (Wildman–Crippen LogP) is 0.504. The molecule has 0 aliphatic heterocycles. The Kier molecular flexibility index (Phi) is 2.11. The number of hydrogen-bond acceptors (Lipinski definition) is 5. The highest BCUT2D eigenvalue weighted by Gasteiger charge is 2.01. The van der Waals surface area contributed by atoms with Crippen LogP contribution in [0, 0.1) is 0 Å². The molecule has 0 spiro atoms. The normalized spacial score (nSPS) is 10.5. The molecular formula is C8H8N4O. The molecule has 0 saturated heterocycles. The molecule has 2 aromatic heterocycles. The lowest BCUT2D eigenvalue weighted by atomic mass is 10.2. The van der Waals surface area contributed by atoms with Gasteiger partial charge in [-0.3, -0.25) is 4.98 Å². The first-order valence-corrected chi connectivity index (χ1v) is 3.83. The van der Waals surface area contributed by atoms with Gasteiger partial charge in [0.1, 0.15) is 5.52 Å². The largest absolute Gasteiger partial charge is 0.316 e. The molecule has 2 heterocycles.